The lowest BCUT2D eigenvalue weighted by Crippen LogP contribution is -2.48. The predicted octanol–water partition coefficient (Wildman–Crippen LogP) is 1.86. The van der Waals surface area contributed by atoms with Crippen LogP contribution < -0.4 is 21.1 Å². The van der Waals surface area contributed by atoms with Crippen LogP contribution in [-0.4, -0.2) is 24.5 Å². The smallest absolute Gasteiger partial charge is 0.226 e. The van der Waals surface area contributed by atoms with Crippen LogP contribution in [0.3, 0.4) is 0 Å². The Labute approximate surface area is 124 Å². The van der Waals surface area contributed by atoms with Crippen LogP contribution in [0.5, 0.6) is 5.75 Å². The first-order valence-corrected chi connectivity index (χ1v) is 6.96. The van der Waals surface area contributed by atoms with Gasteiger partial charge in [-0.15, -0.1) is 0 Å². The van der Waals surface area contributed by atoms with Gasteiger partial charge in [0.25, 0.3) is 0 Å². The van der Waals surface area contributed by atoms with Crippen molar-refractivity contribution in [1.82, 2.24) is 0 Å². The third-order valence-electron chi connectivity index (χ3n) is 3.66. The summed E-state index contributed by atoms with van der Waals surface area (Å²) in [6.45, 7) is 1.43. The molecule has 21 heavy (non-hydrogen) atoms. The van der Waals surface area contributed by atoms with Crippen LogP contribution in [-0.2, 0) is 9.59 Å². The van der Waals surface area contributed by atoms with Crippen molar-refractivity contribution in [1.29, 1.82) is 0 Å². The zero-order valence-electron chi connectivity index (χ0n) is 12.4. The molecule has 0 spiro atoms. The number of rotatable bonds is 5. The van der Waals surface area contributed by atoms with E-state index in [0.29, 0.717) is 23.5 Å². The van der Waals surface area contributed by atoms with Crippen LogP contribution >= 0.6 is 0 Å². The molecular weight excluding hydrogens is 270 g/mol. The largest absolute Gasteiger partial charge is 0.495 e. The monoisotopic (exact) mass is 291 g/mol. The van der Waals surface area contributed by atoms with Gasteiger partial charge in [-0.1, -0.05) is 0 Å². The molecule has 1 fully saturated rings. The van der Waals surface area contributed by atoms with E-state index in [2.05, 4.69) is 10.6 Å². The fourth-order valence-corrected chi connectivity index (χ4v) is 2.41. The number of methoxy groups -OCH3 is 1. The highest BCUT2D eigenvalue weighted by molar-refractivity contribution is 5.95. The predicted molar refractivity (Wildman–Crippen MR) is 81.3 cm³/mol. The number of hydrogen-bond acceptors (Lipinski definition) is 4. The Morgan fingerprint density at radius 1 is 1.33 bits per heavy atom. The minimum atomic E-state index is -0.368. The van der Waals surface area contributed by atoms with Crippen LogP contribution in [0.2, 0.25) is 0 Å². The van der Waals surface area contributed by atoms with Crippen LogP contribution in [0.25, 0.3) is 0 Å². The molecule has 6 heteroatoms. The van der Waals surface area contributed by atoms with E-state index in [9.17, 15) is 9.59 Å². The number of hydrogen-bond donors (Lipinski definition) is 3. The number of ether oxygens (including phenoxy) is 1. The number of benzene rings is 1. The second kappa shape index (κ2) is 6.13. The van der Waals surface area contributed by atoms with Crippen LogP contribution in [0.15, 0.2) is 18.2 Å². The van der Waals surface area contributed by atoms with E-state index >= 15 is 0 Å². The summed E-state index contributed by atoms with van der Waals surface area (Å²) in [6.07, 6.45) is 3.12. The maximum absolute atomic E-state index is 12.1. The third kappa shape index (κ3) is 3.95. The fourth-order valence-electron chi connectivity index (χ4n) is 2.41. The number of nitrogens with two attached hydrogens (primary N) is 1. The lowest BCUT2D eigenvalue weighted by atomic mass is 9.75. The van der Waals surface area contributed by atoms with Gasteiger partial charge in [0.15, 0.2) is 0 Å². The molecule has 4 N–H and O–H groups in total. The Hall–Kier alpha value is -2.08. The Morgan fingerprint density at radius 2 is 2.05 bits per heavy atom. The molecule has 1 aliphatic carbocycles. The van der Waals surface area contributed by atoms with Gasteiger partial charge in [-0.25, -0.2) is 0 Å². The molecule has 1 aromatic rings. The highest BCUT2D eigenvalue weighted by atomic mass is 16.5. The van der Waals surface area contributed by atoms with E-state index < -0.39 is 0 Å². The number of amides is 2. The topological polar surface area (TPSA) is 93.5 Å². The molecule has 6 nitrogen and oxygen atoms in total. The maximum atomic E-state index is 12.1. The van der Waals surface area contributed by atoms with Crippen molar-refractivity contribution in [2.75, 3.05) is 17.7 Å². The van der Waals surface area contributed by atoms with Crippen molar-refractivity contribution in [2.45, 2.75) is 38.1 Å². The summed E-state index contributed by atoms with van der Waals surface area (Å²) >= 11 is 0. The first-order valence-electron chi connectivity index (χ1n) is 6.96. The van der Waals surface area contributed by atoms with Crippen LogP contribution in [0.1, 0.15) is 32.6 Å². The van der Waals surface area contributed by atoms with Gasteiger partial charge in [0, 0.05) is 24.6 Å². The summed E-state index contributed by atoms with van der Waals surface area (Å²) in [7, 11) is 1.53. The van der Waals surface area contributed by atoms with E-state index in [1.54, 1.807) is 18.2 Å². The number of carbonyl (C=O) groups excluding carboxylic acids is 2. The normalized spacial score (nSPS) is 15.8. The maximum Gasteiger partial charge on any atom is 0.226 e. The molecule has 2 rings (SSSR count). The summed E-state index contributed by atoms with van der Waals surface area (Å²) < 4.78 is 5.22. The molecule has 0 aliphatic heterocycles. The van der Waals surface area contributed by atoms with E-state index in [0.717, 1.165) is 19.3 Å². The fraction of sp³-hybridized carbons (Fsp3) is 0.467. The summed E-state index contributed by atoms with van der Waals surface area (Å²) in [4.78, 5) is 23.2. The number of carbonyl (C=O) groups is 2. The average molecular weight is 291 g/mol. The van der Waals surface area contributed by atoms with Crippen molar-refractivity contribution in [3.05, 3.63) is 18.2 Å². The molecule has 0 heterocycles. The van der Waals surface area contributed by atoms with Crippen molar-refractivity contribution in [3.8, 4) is 5.75 Å². The van der Waals surface area contributed by atoms with E-state index in [-0.39, 0.29) is 17.4 Å². The first-order chi connectivity index (χ1) is 9.92. The zero-order chi connectivity index (χ0) is 15.5. The van der Waals surface area contributed by atoms with Gasteiger partial charge in [-0.3, -0.25) is 9.59 Å². The molecular formula is C15H21N3O3. The summed E-state index contributed by atoms with van der Waals surface area (Å²) in [5.74, 6) is 0.223. The van der Waals surface area contributed by atoms with Crippen molar-refractivity contribution >= 4 is 23.2 Å². The third-order valence-corrected chi connectivity index (χ3v) is 3.66. The van der Waals surface area contributed by atoms with E-state index in [1.165, 1.54) is 14.0 Å². The van der Waals surface area contributed by atoms with Crippen molar-refractivity contribution < 1.29 is 14.3 Å². The molecule has 0 atom stereocenters. The molecule has 1 aromatic carbocycles. The van der Waals surface area contributed by atoms with Crippen molar-refractivity contribution in [2.24, 2.45) is 5.73 Å². The number of anilines is 2. The minimum Gasteiger partial charge on any atom is -0.495 e. The molecule has 0 bridgehead atoms. The second-order valence-corrected chi connectivity index (χ2v) is 5.54. The molecule has 0 saturated heterocycles. The summed E-state index contributed by atoms with van der Waals surface area (Å²) in [6, 6.07) is 5.08. The van der Waals surface area contributed by atoms with Gasteiger partial charge in [-0.05, 0) is 37.5 Å². The standard InChI is InChI=1S/C15H21N3O3/c1-10(19)17-11-4-5-13(21-2)12(8-11)18-14(20)9-15(16)6-3-7-15/h4-5,8H,3,6-7,9,16H2,1-2H3,(H,17,19)(H,18,20). The summed E-state index contributed by atoms with van der Waals surface area (Å²) in [5.41, 5.74) is 6.83. The SMILES string of the molecule is COc1ccc(NC(C)=O)cc1NC(=O)CC1(N)CCC1. The highest BCUT2D eigenvalue weighted by Gasteiger charge is 2.34. The quantitative estimate of drug-likeness (QED) is 0.772. The lowest BCUT2D eigenvalue weighted by Gasteiger charge is -2.37. The lowest BCUT2D eigenvalue weighted by molar-refractivity contribution is -0.118. The molecule has 114 valence electrons. The van der Waals surface area contributed by atoms with E-state index in [1.807, 2.05) is 0 Å². The molecule has 1 saturated carbocycles. The van der Waals surface area contributed by atoms with Gasteiger partial charge in [0.2, 0.25) is 11.8 Å². The van der Waals surface area contributed by atoms with Gasteiger partial charge in [0.1, 0.15) is 5.75 Å². The van der Waals surface area contributed by atoms with E-state index in [4.69, 9.17) is 10.5 Å². The van der Waals surface area contributed by atoms with Gasteiger partial charge < -0.3 is 21.1 Å². The Bertz CT molecular complexity index is 553. The minimum absolute atomic E-state index is 0.143. The Balaban J connectivity index is 2.09. The molecule has 0 unspecified atom stereocenters. The Kier molecular flexibility index (Phi) is 4.47. The highest BCUT2D eigenvalue weighted by Crippen LogP contribution is 2.33. The molecule has 2 amide bonds. The van der Waals surface area contributed by atoms with Gasteiger partial charge in [-0.2, -0.15) is 0 Å². The Morgan fingerprint density at radius 3 is 2.57 bits per heavy atom. The molecule has 1 aliphatic rings. The van der Waals surface area contributed by atoms with Gasteiger partial charge in [0.05, 0.1) is 12.8 Å². The second-order valence-electron chi connectivity index (χ2n) is 5.54. The first kappa shape index (κ1) is 15.3. The number of nitrogens with one attached hydrogen (secondary N) is 2. The average Bonchev–Trinajstić information content (AvgIpc) is 2.36. The van der Waals surface area contributed by atoms with Crippen molar-refractivity contribution in [3.63, 3.8) is 0 Å². The van der Waals surface area contributed by atoms with Gasteiger partial charge >= 0.3 is 0 Å². The van der Waals surface area contributed by atoms with Crippen LogP contribution in [0, 0.1) is 0 Å². The summed E-state index contributed by atoms with van der Waals surface area (Å²) in [5, 5.41) is 5.47. The zero-order valence-corrected chi connectivity index (χ0v) is 12.4. The molecule has 0 aromatic heterocycles. The molecule has 0 radical (unpaired) electrons. The van der Waals surface area contributed by atoms with Crippen LogP contribution in [0.4, 0.5) is 11.4 Å².